The number of aryl methyl sites for hydroxylation is 1. The first-order valence-electron chi connectivity index (χ1n) is 6.90. The monoisotopic (exact) mass is 262 g/mol. The van der Waals surface area contributed by atoms with E-state index in [0.717, 1.165) is 12.0 Å². The van der Waals surface area contributed by atoms with Crippen molar-refractivity contribution >= 4 is 5.91 Å². The zero-order valence-corrected chi connectivity index (χ0v) is 11.6. The Morgan fingerprint density at radius 2 is 2.26 bits per heavy atom. The summed E-state index contributed by atoms with van der Waals surface area (Å²) in [6.07, 6.45) is 3.48. The summed E-state index contributed by atoms with van der Waals surface area (Å²) in [6.45, 7) is 4.68. The Bertz CT molecular complexity index is 459. The molecule has 1 aromatic carbocycles. The van der Waals surface area contributed by atoms with Crippen LogP contribution >= 0.6 is 0 Å². The molecule has 1 fully saturated rings. The van der Waals surface area contributed by atoms with Gasteiger partial charge in [0.05, 0.1) is 5.56 Å². The highest BCUT2D eigenvalue weighted by Crippen LogP contribution is 2.18. The second-order valence-electron chi connectivity index (χ2n) is 5.43. The number of rotatable bonds is 3. The zero-order chi connectivity index (χ0) is 13.8. The molecule has 1 saturated heterocycles. The van der Waals surface area contributed by atoms with E-state index in [4.69, 9.17) is 0 Å². The molecule has 3 N–H and O–H groups in total. The van der Waals surface area contributed by atoms with Crippen molar-refractivity contribution in [1.29, 1.82) is 0 Å². The Balaban J connectivity index is 1.92. The summed E-state index contributed by atoms with van der Waals surface area (Å²) < 4.78 is 0. The minimum absolute atomic E-state index is 0.0353. The summed E-state index contributed by atoms with van der Waals surface area (Å²) in [4.78, 5) is 12.0. The van der Waals surface area contributed by atoms with E-state index in [-0.39, 0.29) is 11.7 Å². The SMILES string of the molecule is Cc1ccc(O)c(C(=O)NCC2CCCC(C)N2)c1. The molecule has 1 amide bonds. The first kappa shape index (κ1) is 13.9. The summed E-state index contributed by atoms with van der Waals surface area (Å²) in [5.41, 5.74) is 1.32. The van der Waals surface area contributed by atoms with E-state index in [0.29, 0.717) is 24.2 Å². The van der Waals surface area contributed by atoms with Crippen LogP contribution in [0.25, 0.3) is 0 Å². The van der Waals surface area contributed by atoms with Gasteiger partial charge in [0.1, 0.15) is 5.75 Å². The van der Waals surface area contributed by atoms with Crippen LogP contribution in [0.15, 0.2) is 18.2 Å². The van der Waals surface area contributed by atoms with Crippen LogP contribution in [-0.2, 0) is 0 Å². The molecule has 1 aromatic rings. The summed E-state index contributed by atoms with van der Waals surface area (Å²) in [7, 11) is 0. The molecule has 104 valence electrons. The summed E-state index contributed by atoms with van der Waals surface area (Å²) in [5, 5.41) is 16.1. The molecule has 19 heavy (non-hydrogen) atoms. The molecule has 1 heterocycles. The van der Waals surface area contributed by atoms with Gasteiger partial charge in [-0.25, -0.2) is 0 Å². The van der Waals surface area contributed by atoms with Gasteiger partial charge >= 0.3 is 0 Å². The lowest BCUT2D eigenvalue weighted by molar-refractivity contribution is 0.0943. The smallest absolute Gasteiger partial charge is 0.255 e. The van der Waals surface area contributed by atoms with Crippen LogP contribution in [0.3, 0.4) is 0 Å². The fraction of sp³-hybridized carbons (Fsp3) is 0.533. The van der Waals surface area contributed by atoms with Gasteiger partial charge in [0.25, 0.3) is 5.91 Å². The summed E-state index contributed by atoms with van der Waals surface area (Å²) >= 11 is 0. The highest BCUT2D eigenvalue weighted by Gasteiger charge is 2.19. The van der Waals surface area contributed by atoms with Crippen LogP contribution in [0.2, 0.25) is 0 Å². The Kier molecular flexibility index (Phi) is 4.43. The van der Waals surface area contributed by atoms with Crippen LogP contribution in [0.5, 0.6) is 5.75 Å². The van der Waals surface area contributed by atoms with E-state index < -0.39 is 0 Å². The molecule has 0 aromatic heterocycles. The number of benzene rings is 1. The van der Waals surface area contributed by atoms with Crippen LogP contribution in [0.1, 0.15) is 42.1 Å². The van der Waals surface area contributed by atoms with Crippen LogP contribution in [0, 0.1) is 6.92 Å². The maximum Gasteiger partial charge on any atom is 0.255 e. The molecule has 2 unspecified atom stereocenters. The predicted octanol–water partition coefficient (Wildman–Crippen LogP) is 1.96. The van der Waals surface area contributed by atoms with Crippen LogP contribution in [-0.4, -0.2) is 29.6 Å². The van der Waals surface area contributed by atoms with Gasteiger partial charge < -0.3 is 15.7 Å². The van der Waals surface area contributed by atoms with E-state index in [2.05, 4.69) is 17.6 Å². The van der Waals surface area contributed by atoms with Crippen molar-refractivity contribution in [2.75, 3.05) is 6.54 Å². The topological polar surface area (TPSA) is 61.4 Å². The third-order valence-electron chi connectivity index (χ3n) is 3.62. The van der Waals surface area contributed by atoms with E-state index in [1.54, 1.807) is 18.2 Å². The molecule has 2 rings (SSSR count). The summed E-state index contributed by atoms with van der Waals surface area (Å²) in [6, 6.07) is 5.91. The molecule has 0 spiro atoms. The standard InChI is InChI=1S/C15H22N2O2/c1-10-6-7-14(18)13(8-10)15(19)16-9-12-5-3-4-11(2)17-12/h6-8,11-12,17-18H,3-5,9H2,1-2H3,(H,16,19). The van der Waals surface area contributed by atoms with Gasteiger partial charge in [-0.15, -0.1) is 0 Å². The minimum atomic E-state index is -0.207. The number of piperidine rings is 1. The second-order valence-corrected chi connectivity index (χ2v) is 5.43. The normalized spacial score (nSPS) is 23.1. The van der Waals surface area contributed by atoms with Crippen LogP contribution in [0.4, 0.5) is 0 Å². The molecule has 0 radical (unpaired) electrons. The Morgan fingerprint density at radius 1 is 1.47 bits per heavy atom. The fourth-order valence-corrected chi connectivity index (χ4v) is 2.54. The lowest BCUT2D eigenvalue weighted by Gasteiger charge is -2.28. The average molecular weight is 262 g/mol. The number of hydrogen-bond donors (Lipinski definition) is 3. The predicted molar refractivity (Wildman–Crippen MR) is 75.4 cm³/mol. The van der Waals surface area contributed by atoms with Gasteiger partial charge in [-0.2, -0.15) is 0 Å². The van der Waals surface area contributed by atoms with Gasteiger partial charge in [-0.3, -0.25) is 4.79 Å². The molecule has 0 bridgehead atoms. The number of phenols is 1. The number of amides is 1. The molecule has 2 atom stereocenters. The first-order valence-corrected chi connectivity index (χ1v) is 6.90. The Morgan fingerprint density at radius 3 is 3.00 bits per heavy atom. The van der Waals surface area contributed by atoms with Gasteiger partial charge in [0, 0.05) is 18.6 Å². The molecule has 1 aliphatic heterocycles. The van der Waals surface area contributed by atoms with Crippen molar-refractivity contribution in [3.63, 3.8) is 0 Å². The molecular formula is C15H22N2O2. The van der Waals surface area contributed by atoms with E-state index >= 15 is 0 Å². The van der Waals surface area contributed by atoms with Gasteiger partial charge in [0.15, 0.2) is 0 Å². The maximum absolute atomic E-state index is 12.0. The first-order chi connectivity index (χ1) is 9.06. The largest absolute Gasteiger partial charge is 0.507 e. The van der Waals surface area contributed by atoms with E-state index in [9.17, 15) is 9.90 Å². The number of carbonyl (C=O) groups is 1. The highest BCUT2D eigenvalue weighted by molar-refractivity contribution is 5.97. The molecule has 0 aliphatic carbocycles. The van der Waals surface area contributed by atoms with E-state index in [1.807, 2.05) is 6.92 Å². The number of phenolic OH excluding ortho intramolecular Hbond substituents is 1. The Labute approximate surface area is 114 Å². The van der Waals surface area contributed by atoms with Gasteiger partial charge in [-0.1, -0.05) is 18.1 Å². The number of nitrogens with one attached hydrogen (secondary N) is 2. The summed E-state index contributed by atoms with van der Waals surface area (Å²) in [5.74, 6) is -0.172. The quantitative estimate of drug-likeness (QED) is 0.780. The molecular weight excluding hydrogens is 240 g/mol. The lowest BCUT2D eigenvalue weighted by atomic mass is 9.99. The highest BCUT2D eigenvalue weighted by atomic mass is 16.3. The van der Waals surface area contributed by atoms with Gasteiger partial charge in [-0.05, 0) is 38.8 Å². The van der Waals surface area contributed by atoms with E-state index in [1.165, 1.54) is 12.8 Å². The Hall–Kier alpha value is -1.55. The molecule has 4 heteroatoms. The lowest BCUT2D eigenvalue weighted by Crippen LogP contribution is -2.47. The van der Waals surface area contributed by atoms with Crippen molar-refractivity contribution in [1.82, 2.24) is 10.6 Å². The number of aromatic hydroxyl groups is 1. The van der Waals surface area contributed by atoms with Crippen molar-refractivity contribution < 1.29 is 9.90 Å². The van der Waals surface area contributed by atoms with Gasteiger partial charge in [0.2, 0.25) is 0 Å². The molecule has 1 aliphatic rings. The fourth-order valence-electron chi connectivity index (χ4n) is 2.54. The third-order valence-corrected chi connectivity index (χ3v) is 3.62. The average Bonchev–Trinajstić information content (AvgIpc) is 2.39. The van der Waals surface area contributed by atoms with Crippen molar-refractivity contribution in [3.05, 3.63) is 29.3 Å². The molecule has 4 nitrogen and oxygen atoms in total. The minimum Gasteiger partial charge on any atom is -0.507 e. The van der Waals surface area contributed by atoms with Crippen molar-refractivity contribution in [3.8, 4) is 5.75 Å². The van der Waals surface area contributed by atoms with Crippen LogP contribution < -0.4 is 10.6 Å². The third kappa shape index (κ3) is 3.70. The molecule has 0 saturated carbocycles. The number of carbonyl (C=O) groups excluding carboxylic acids is 1. The van der Waals surface area contributed by atoms with Crippen molar-refractivity contribution in [2.24, 2.45) is 0 Å². The number of hydrogen-bond acceptors (Lipinski definition) is 3. The maximum atomic E-state index is 12.0. The second kappa shape index (κ2) is 6.06. The zero-order valence-electron chi connectivity index (χ0n) is 11.6. The van der Waals surface area contributed by atoms with Crippen molar-refractivity contribution in [2.45, 2.75) is 45.2 Å².